The van der Waals surface area contributed by atoms with Crippen LogP contribution in [0.3, 0.4) is 0 Å². The number of benzene rings is 1. The number of hydrogen-bond acceptors (Lipinski definition) is 3. The molecule has 2 aliphatic heterocycles. The van der Waals surface area contributed by atoms with Crippen LogP contribution in [0.15, 0.2) is 18.2 Å². The second-order valence-corrected chi connectivity index (χ2v) is 5.42. The van der Waals surface area contributed by atoms with Gasteiger partial charge in [-0.1, -0.05) is 6.07 Å². The molecule has 1 N–H and O–H groups in total. The Bertz CT molecular complexity index is 453. The molecular weight excluding hydrogens is 245 g/mol. The molecule has 2 saturated heterocycles. The Hall–Kier alpha value is -1.13. The van der Waals surface area contributed by atoms with Crippen molar-refractivity contribution in [3.63, 3.8) is 0 Å². The normalized spacial score (nSPS) is 25.1. The SMILES string of the molecule is CCOc1ccc(C2(C3CCNC3)COC2)cc1F. The van der Waals surface area contributed by atoms with Gasteiger partial charge in [0.1, 0.15) is 0 Å². The summed E-state index contributed by atoms with van der Waals surface area (Å²) in [6.07, 6.45) is 1.14. The van der Waals surface area contributed by atoms with Crippen molar-refractivity contribution in [2.24, 2.45) is 5.92 Å². The summed E-state index contributed by atoms with van der Waals surface area (Å²) in [5.41, 5.74) is 1.04. The van der Waals surface area contributed by atoms with E-state index in [0.717, 1.165) is 25.1 Å². The number of rotatable bonds is 4. The maximum absolute atomic E-state index is 14.0. The van der Waals surface area contributed by atoms with Crippen molar-refractivity contribution in [2.75, 3.05) is 32.9 Å². The van der Waals surface area contributed by atoms with Gasteiger partial charge in [0.15, 0.2) is 11.6 Å². The highest BCUT2D eigenvalue weighted by Gasteiger charge is 2.48. The summed E-state index contributed by atoms with van der Waals surface area (Å²) in [5, 5.41) is 3.39. The quantitative estimate of drug-likeness (QED) is 0.904. The fraction of sp³-hybridized carbons (Fsp3) is 0.600. The molecule has 1 aromatic rings. The molecule has 0 radical (unpaired) electrons. The first-order valence-electron chi connectivity index (χ1n) is 6.97. The van der Waals surface area contributed by atoms with Gasteiger partial charge < -0.3 is 14.8 Å². The molecule has 2 heterocycles. The van der Waals surface area contributed by atoms with Crippen molar-refractivity contribution in [2.45, 2.75) is 18.8 Å². The van der Waals surface area contributed by atoms with E-state index in [4.69, 9.17) is 9.47 Å². The molecule has 0 spiro atoms. The van der Waals surface area contributed by atoms with Gasteiger partial charge >= 0.3 is 0 Å². The minimum absolute atomic E-state index is 0.00488. The standard InChI is InChI=1S/C15H20FNO2/c1-2-19-14-4-3-11(7-13(14)16)15(9-18-10-15)12-5-6-17-8-12/h3-4,7,12,17H,2,5-6,8-10H2,1H3. The van der Waals surface area contributed by atoms with Crippen LogP contribution >= 0.6 is 0 Å². The Balaban J connectivity index is 1.89. The smallest absolute Gasteiger partial charge is 0.165 e. The van der Waals surface area contributed by atoms with Gasteiger partial charge in [-0.25, -0.2) is 4.39 Å². The van der Waals surface area contributed by atoms with Gasteiger partial charge in [-0.15, -0.1) is 0 Å². The maximum atomic E-state index is 14.0. The largest absolute Gasteiger partial charge is 0.491 e. The zero-order chi connectivity index (χ0) is 13.3. The lowest BCUT2D eigenvalue weighted by molar-refractivity contribution is -0.0870. The molecule has 2 aliphatic rings. The minimum Gasteiger partial charge on any atom is -0.491 e. The van der Waals surface area contributed by atoms with Crippen LogP contribution in [-0.2, 0) is 10.2 Å². The third kappa shape index (κ3) is 2.13. The van der Waals surface area contributed by atoms with E-state index in [1.807, 2.05) is 13.0 Å². The van der Waals surface area contributed by atoms with Gasteiger partial charge in [0.2, 0.25) is 0 Å². The molecule has 3 rings (SSSR count). The Kier molecular flexibility index (Phi) is 3.46. The summed E-state index contributed by atoms with van der Waals surface area (Å²) in [6, 6.07) is 5.37. The fourth-order valence-electron chi connectivity index (χ4n) is 3.17. The summed E-state index contributed by atoms with van der Waals surface area (Å²) < 4.78 is 24.7. The first-order chi connectivity index (χ1) is 9.26. The van der Waals surface area contributed by atoms with E-state index in [1.54, 1.807) is 12.1 Å². The van der Waals surface area contributed by atoms with E-state index in [0.29, 0.717) is 31.5 Å². The lowest BCUT2D eigenvalue weighted by Gasteiger charge is -2.46. The van der Waals surface area contributed by atoms with E-state index >= 15 is 0 Å². The summed E-state index contributed by atoms with van der Waals surface area (Å²) in [7, 11) is 0. The zero-order valence-corrected chi connectivity index (χ0v) is 11.2. The van der Waals surface area contributed by atoms with Crippen molar-refractivity contribution in [1.82, 2.24) is 5.32 Å². The van der Waals surface area contributed by atoms with E-state index in [2.05, 4.69) is 5.32 Å². The molecule has 1 aromatic carbocycles. The van der Waals surface area contributed by atoms with Gasteiger partial charge in [0, 0.05) is 5.41 Å². The van der Waals surface area contributed by atoms with Crippen LogP contribution in [0.25, 0.3) is 0 Å². The van der Waals surface area contributed by atoms with Crippen molar-refractivity contribution in [3.8, 4) is 5.75 Å². The maximum Gasteiger partial charge on any atom is 0.165 e. The van der Waals surface area contributed by atoms with Gasteiger partial charge in [-0.05, 0) is 50.0 Å². The highest BCUT2D eigenvalue weighted by atomic mass is 19.1. The van der Waals surface area contributed by atoms with Crippen LogP contribution in [-0.4, -0.2) is 32.9 Å². The molecule has 1 atom stereocenters. The molecule has 104 valence electrons. The Morgan fingerprint density at radius 3 is 2.84 bits per heavy atom. The fourth-order valence-corrected chi connectivity index (χ4v) is 3.17. The Morgan fingerprint density at radius 1 is 1.47 bits per heavy atom. The van der Waals surface area contributed by atoms with Crippen molar-refractivity contribution < 1.29 is 13.9 Å². The first-order valence-corrected chi connectivity index (χ1v) is 6.97. The molecular formula is C15H20FNO2. The predicted molar refractivity (Wildman–Crippen MR) is 71.0 cm³/mol. The lowest BCUT2D eigenvalue weighted by atomic mass is 9.68. The van der Waals surface area contributed by atoms with Crippen LogP contribution in [0.4, 0.5) is 4.39 Å². The average molecular weight is 265 g/mol. The molecule has 0 saturated carbocycles. The molecule has 0 amide bonds. The average Bonchev–Trinajstić information content (AvgIpc) is 2.85. The molecule has 0 aliphatic carbocycles. The molecule has 3 nitrogen and oxygen atoms in total. The van der Waals surface area contributed by atoms with E-state index < -0.39 is 0 Å². The molecule has 4 heteroatoms. The van der Waals surface area contributed by atoms with Gasteiger partial charge in [-0.2, -0.15) is 0 Å². The topological polar surface area (TPSA) is 30.5 Å². The highest BCUT2D eigenvalue weighted by molar-refractivity contribution is 5.36. The minimum atomic E-state index is -0.267. The molecule has 2 fully saturated rings. The van der Waals surface area contributed by atoms with Crippen LogP contribution in [0.5, 0.6) is 5.75 Å². The van der Waals surface area contributed by atoms with Gasteiger partial charge in [-0.3, -0.25) is 0 Å². The summed E-state index contributed by atoms with van der Waals surface area (Å²) in [4.78, 5) is 0. The molecule has 0 bridgehead atoms. The highest BCUT2D eigenvalue weighted by Crippen LogP contribution is 2.43. The molecule has 1 unspecified atom stereocenters. The third-order valence-corrected chi connectivity index (χ3v) is 4.37. The number of hydrogen-bond donors (Lipinski definition) is 1. The monoisotopic (exact) mass is 265 g/mol. The van der Waals surface area contributed by atoms with E-state index in [-0.39, 0.29) is 11.2 Å². The van der Waals surface area contributed by atoms with E-state index in [1.165, 1.54) is 0 Å². The van der Waals surface area contributed by atoms with Crippen molar-refractivity contribution in [3.05, 3.63) is 29.6 Å². The molecule has 0 aromatic heterocycles. The number of nitrogens with one attached hydrogen (secondary N) is 1. The van der Waals surface area contributed by atoms with Crippen LogP contribution < -0.4 is 10.1 Å². The third-order valence-electron chi connectivity index (χ3n) is 4.37. The lowest BCUT2D eigenvalue weighted by Crippen LogP contribution is -2.53. The van der Waals surface area contributed by atoms with Crippen LogP contribution in [0.2, 0.25) is 0 Å². The summed E-state index contributed by atoms with van der Waals surface area (Å²) in [5.74, 6) is 0.612. The number of halogens is 1. The number of ether oxygens (including phenoxy) is 2. The second kappa shape index (κ2) is 5.10. The molecule has 19 heavy (non-hydrogen) atoms. The zero-order valence-electron chi connectivity index (χ0n) is 11.2. The van der Waals surface area contributed by atoms with Crippen LogP contribution in [0.1, 0.15) is 18.9 Å². The Labute approximate surface area is 113 Å². The van der Waals surface area contributed by atoms with E-state index in [9.17, 15) is 4.39 Å². The van der Waals surface area contributed by atoms with Crippen molar-refractivity contribution >= 4 is 0 Å². The van der Waals surface area contributed by atoms with Gasteiger partial charge in [0.25, 0.3) is 0 Å². The first kappa shape index (κ1) is 12.9. The Morgan fingerprint density at radius 2 is 2.32 bits per heavy atom. The summed E-state index contributed by atoms with van der Waals surface area (Å²) in [6.45, 7) is 5.79. The van der Waals surface area contributed by atoms with Crippen LogP contribution in [0, 0.1) is 11.7 Å². The summed E-state index contributed by atoms with van der Waals surface area (Å²) >= 11 is 0. The van der Waals surface area contributed by atoms with Gasteiger partial charge in [0.05, 0.1) is 19.8 Å². The predicted octanol–water partition coefficient (Wildman–Crippen LogP) is 2.10. The van der Waals surface area contributed by atoms with Crippen molar-refractivity contribution in [1.29, 1.82) is 0 Å². The second-order valence-electron chi connectivity index (χ2n) is 5.42.